The lowest BCUT2D eigenvalue weighted by atomic mass is 10.1. The summed E-state index contributed by atoms with van der Waals surface area (Å²) in [5.74, 6) is -0.179. The van der Waals surface area contributed by atoms with Gasteiger partial charge in [0.1, 0.15) is 11.5 Å². The number of primary amides is 1. The van der Waals surface area contributed by atoms with Crippen LogP contribution in [0, 0.1) is 0 Å². The minimum absolute atomic E-state index is 0.0726. The molecule has 31 heavy (non-hydrogen) atoms. The van der Waals surface area contributed by atoms with Crippen molar-refractivity contribution in [1.82, 2.24) is 9.97 Å². The summed E-state index contributed by atoms with van der Waals surface area (Å²) in [6.07, 6.45) is -10.2. The van der Waals surface area contributed by atoms with E-state index in [0.29, 0.717) is 5.02 Å². The maximum absolute atomic E-state index is 13.3. The Labute approximate surface area is 175 Å². The van der Waals surface area contributed by atoms with Crippen LogP contribution in [0.5, 0.6) is 0 Å². The van der Waals surface area contributed by atoms with Gasteiger partial charge in [0.2, 0.25) is 0 Å². The number of rotatable bonds is 3. The van der Waals surface area contributed by atoms with Crippen molar-refractivity contribution in [3.8, 4) is 0 Å². The van der Waals surface area contributed by atoms with E-state index in [1.54, 1.807) is 0 Å². The SMILES string of the molecule is CN(c1ccc2c(C(F)(F)F)cc(C(F)(F)F)nc2n1)N(C(N)=O)c1ccc(Cl)cc1. The molecule has 2 aromatic heterocycles. The molecule has 0 spiro atoms. The number of pyridine rings is 2. The Kier molecular flexibility index (Phi) is 5.61. The van der Waals surface area contributed by atoms with Crippen LogP contribution in [0.25, 0.3) is 11.0 Å². The molecule has 3 rings (SSSR count). The molecule has 0 radical (unpaired) electrons. The predicted molar refractivity (Wildman–Crippen MR) is 101 cm³/mol. The van der Waals surface area contributed by atoms with Gasteiger partial charge in [0.15, 0.2) is 5.65 Å². The van der Waals surface area contributed by atoms with E-state index in [9.17, 15) is 31.1 Å². The van der Waals surface area contributed by atoms with E-state index in [2.05, 4.69) is 9.97 Å². The summed E-state index contributed by atoms with van der Waals surface area (Å²) in [6.45, 7) is 0. The fraction of sp³-hybridized carbons (Fsp3) is 0.167. The number of hydrogen-bond donors (Lipinski definition) is 1. The molecule has 164 valence electrons. The molecule has 1 aromatic carbocycles. The first-order valence-corrected chi connectivity index (χ1v) is 8.72. The number of carbonyl (C=O) groups is 1. The number of benzene rings is 1. The van der Waals surface area contributed by atoms with Crippen LogP contribution in [0.3, 0.4) is 0 Å². The van der Waals surface area contributed by atoms with Crippen molar-refractivity contribution in [3.63, 3.8) is 0 Å². The van der Waals surface area contributed by atoms with Crippen LogP contribution < -0.4 is 15.8 Å². The summed E-state index contributed by atoms with van der Waals surface area (Å²) >= 11 is 5.81. The van der Waals surface area contributed by atoms with Gasteiger partial charge in [-0.05, 0) is 42.5 Å². The minimum Gasteiger partial charge on any atom is -0.350 e. The number of hydrogen-bond acceptors (Lipinski definition) is 4. The van der Waals surface area contributed by atoms with Crippen molar-refractivity contribution in [1.29, 1.82) is 0 Å². The maximum atomic E-state index is 13.3. The average molecular weight is 464 g/mol. The van der Waals surface area contributed by atoms with Crippen LogP contribution in [0.2, 0.25) is 5.02 Å². The molecule has 13 heteroatoms. The van der Waals surface area contributed by atoms with Crippen molar-refractivity contribution in [2.24, 2.45) is 5.73 Å². The van der Waals surface area contributed by atoms with E-state index in [4.69, 9.17) is 17.3 Å². The predicted octanol–water partition coefficient (Wildman–Crippen LogP) is 5.26. The molecule has 0 atom stereocenters. The molecule has 2 N–H and O–H groups in total. The van der Waals surface area contributed by atoms with Gasteiger partial charge in [0.05, 0.1) is 11.3 Å². The molecule has 3 aromatic rings. The normalized spacial score (nSPS) is 12.1. The van der Waals surface area contributed by atoms with E-state index in [1.807, 2.05) is 0 Å². The zero-order chi connectivity index (χ0) is 23.1. The van der Waals surface area contributed by atoms with Crippen LogP contribution in [0.4, 0.5) is 42.6 Å². The first-order chi connectivity index (χ1) is 14.3. The third-order valence-corrected chi connectivity index (χ3v) is 4.42. The number of halogens is 7. The lowest BCUT2D eigenvalue weighted by molar-refractivity contribution is -0.144. The second-order valence-electron chi connectivity index (χ2n) is 6.24. The number of amides is 2. The van der Waals surface area contributed by atoms with Gasteiger partial charge in [0, 0.05) is 17.5 Å². The Balaban J connectivity index is 2.16. The van der Waals surface area contributed by atoms with Crippen LogP contribution in [0.15, 0.2) is 42.5 Å². The Morgan fingerprint density at radius 3 is 2.10 bits per heavy atom. The van der Waals surface area contributed by atoms with Gasteiger partial charge in [-0.1, -0.05) is 11.6 Å². The largest absolute Gasteiger partial charge is 0.433 e. The van der Waals surface area contributed by atoms with Crippen molar-refractivity contribution in [2.75, 3.05) is 17.1 Å². The quantitative estimate of drug-likeness (QED) is 0.425. The number of anilines is 2. The molecule has 0 fully saturated rings. The highest BCUT2D eigenvalue weighted by Gasteiger charge is 2.39. The molecule has 0 aliphatic rings. The topological polar surface area (TPSA) is 75.3 Å². The Morgan fingerprint density at radius 1 is 0.968 bits per heavy atom. The molecule has 0 unspecified atom stereocenters. The Hall–Kier alpha value is -3.28. The van der Waals surface area contributed by atoms with Crippen molar-refractivity contribution in [2.45, 2.75) is 12.4 Å². The monoisotopic (exact) mass is 463 g/mol. The lowest BCUT2D eigenvalue weighted by Crippen LogP contribution is -2.48. The first kappa shape index (κ1) is 22.4. The Bertz CT molecular complexity index is 1130. The number of urea groups is 1. The number of hydrazine groups is 1. The second kappa shape index (κ2) is 7.76. The molecular formula is C18H12ClF6N5O. The van der Waals surface area contributed by atoms with Crippen LogP contribution >= 0.6 is 11.6 Å². The maximum Gasteiger partial charge on any atom is 0.433 e. The second-order valence-corrected chi connectivity index (χ2v) is 6.68. The lowest BCUT2D eigenvalue weighted by Gasteiger charge is -2.31. The zero-order valence-corrected chi connectivity index (χ0v) is 16.2. The number of aromatic nitrogens is 2. The van der Waals surface area contributed by atoms with Gasteiger partial charge >= 0.3 is 18.4 Å². The van der Waals surface area contributed by atoms with Gasteiger partial charge in [-0.3, -0.25) is 5.01 Å². The molecule has 0 aliphatic carbocycles. The van der Waals surface area contributed by atoms with E-state index in [1.165, 1.54) is 31.3 Å². The van der Waals surface area contributed by atoms with E-state index < -0.39 is 40.7 Å². The highest BCUT2D eigenvalue weighted by molar-refractivity contribution is 6.30. The van der Waals surface area contributed by atoms with E-state index >= 15 is 0 Å². The third-order valence-electron chi connectivity index (χ3n) is 4.17. The Morgan fingerprint density at radius 2 is 1.58 bits per heavy atom. The van der Waals surface area contributed by atoms with Crippen LogP contribution in [-0.4, -0.2) is 23.0 Å². The van der Waals surface area contributed by atoms with Crippen molar-refractivity contribution < 1.29 is 31.1 Å². The molecule has 6 nitrogen and oxygen atoms in total. The number of nitrogens with zero attached hydrogens (tertiary/aromatic N) is 4. The number of nitrogens with two attached hydrogens (primary N) is 1. The summed E-state index contributed by atoms with van der Waals surface area (Å²) in [7, 11) is 1.30. The molecular weight excluding hydrogens is 452 g/mol. The summed E-state index contributed by atoms with van der Waals surface area (Å²) < 4.78 is 79.2. The number of carbonyl (C=O) groups excluding carboxylic acids is 1. The summed E-state index contributed by atoms with van der Waals surface area (Å²) in [4.78, 5) is 19.0. The van der Waals surface area contributed by atoms with Crippen LogP contribution in [-0.2, 0) is 12.4 Å². The molecule has 0 saturated heterocycles. The molecule has 0 saturated carbocycles. The summed E-state index contributed by atoms with van der Waals surface area (Å²) in [6, 6.07) is 6.75. The number of fused-ring (bicyclic) bond motifs is 1. The van der Waals surface area contributed by atoms with E-state index in [-0.39, 0.29) is 17.6 Å². The average Bonchev–Trinajstić information content (AvgIpc) is 2.66. The van der Waals surface area contributed by atoms with Crippen LogP contribution in [0.1, 0.15) is 11.3 Å². The van der Waals surface area contributed by atoms with Gasteiger partial charge < -0.3 is 5.73 Å². The van der Waals surface area contributed by atoms with Crippen molar-refractivity contribution >= 4 is 40.2 Å². The van der Waals surface area contributed by atoms with Gasteiger partial charge in [-0.25, -0.2) is 19.8 Å². The van der Waals surface area contributed by atoms with E-state index in [0.717, 1.165) is 22.2 Å². The van der Waals surface area contributed by atoms with Gasteiger partial charge in [-0.15, -0.1) is 0 Å². The molecule has 2 heterocycles. The summed E-state index contributed by atoms with van der Waals surface area (Å²) in [5, 5.41) is 1.70. The standard InChI is InChI=1S/C18H12ClF6N5O/c1-29(30(16(26)31)10-4-2-9(19)3-5-10)14-7-6-11-12(17(20,21)22)8-13(18(23,24)25)27-15(11)28-14/h2-8H,1H3,(H2,26,31). The molecule has 0 bridgehead atoms. The summed E-state index contributed by atoms with van der Waals surface area (Å²) in [5.41, 5.74) is 1.55. The highest BCUT2D eigenvalue weighted by atomic mass is 35.5. The zero-order valence-electron chi connectivity index (χ0n) is 15.5. The molecule has 2 amide bonds. The number of alkyl halides is 6. The minimum atomic E-state index is -5.12. The van der Waals surface area contributed by atoms with Crippen molar-refractivity contribution in [3.05, 3.63) is 58.7 Å². The smallest absolute Gasteiger partial charge is 0.350 e. The first-order valence-electron chi connectivity index (χ1n) is 8.34. The van der Waals surface area contributed by atoms with Gasteiger partial charge in [0.25, 0.3) is 0 Å². The third kappa shape index (κ3) is 4.58. The van der Waals surface area contributed by atoms with Gasteiger partial charge in [-0.2, -0.15) is 26.3 Å². The molecule has 0 aliphatic heterocycles. The fourth-order valence-corrected chi connectivity index (χ4v) is 2.91. The highest BCUT2D eigenvalue weighted by Crippen LogP contribution is 2.38. The fourth-order valence-electron chi connectivity index (χ4n) is 2.79.